The number of hydrogen-bond donors (Lipinski definition) is 1. The van der Waals surface area contributed by atoms with E-state index in [0.29, 0.717) is 19.1 Å². The van der Waals surface area contributed by atoms with Gasteiger partial charge in [0.05, 0.1) is 0 Å². The lowest BCUT2D eigenvalue weighted by Crippen LogP contribution is -2.26. The first-order valence-corrected chi connectivity index (χ1v) is 6.08. The van der Waals surface area contributed by atoms with Gasteiger partial charge in [-0.05, 0) is 24.5 Å². The van der Waals surface area contributed by atoms with Crippen LogP contribution in [-0.4, -0.2) is 30.6 Å². The molecule has 5 heteroatoms. The van der Waals surface area contributed by atoms with Crippen LogP contribution in [0.15, 0.2) is 18.2 Å². The summed E-state index contributed by atoms with van der Waals surface area (Å²) in [5.41, 5.74) is 0.0955. The van der Waals surface area contributed by atoms with Gasteiger partial charge in [0.1, 0.15) is 5.69 Å². The molecule has 0 atom stereocenters. The van der Waals surface area contributed by atoms with Gasteiger partial charge in [-0.2, -0.15) is 4.39 Å². The number of hydrogen-bond acceptors (Lipinski definition) is 3. The summed E-state index contributed by atoms with van der Waals surface area (Å²) in [6, 6.07) is 4.15. The van der Waals surface area contributed by atoms with E-state index in [1.54, 1.807) is 0 Å². The van der Waals surface area contributed by atoms with Gasteiger partial charge in [-0.15, -0.1) is 0 Å². The number of rotatable bonds is 7. The highest BCUT2D eigenvalue weighted by Crippen LogP contribution is 1.98. The Bertz CT molecular complexity index is 383. The summed E-state index contributed by atoms with van der Waals surface area (Å²) < 4.78 is 18.2. The number of amides is 1. The standard InChI is InChI=1S/C13H19FN2O2/c1-10(2)9-18-8-4-7-15-13(17)11-5-3-6-12(14)16-11/h3,5-6,10H,4,7-9H2,1-2H3,(H,15,17). The van der Waals surface area contributed by atoms with Crippen LogP contribution in [0, 0.1) is 11.9 Å². The molecule has 1 rings (SSSR count). The van der Waals surface area contributed by atoms with E-state index in [4.69, 9.17) is 4.74 Å². The van der Waals surface area contributed by atoms with Crippen molar-refractivity contribution in [3.63, 3.8) is 0 Å². The lowest BCUT2D eigenvalue weighted by Gasteiger charge is -2.07. The molecule has 1 N–H and O–H groups in total. The van der Waals surface area contributed by atoms with Crippen molar-refractivity contribution in [3.05, 3.63) is 29.8 Å². The van der Waals surface area contributed by atoms with Gasteiger partial charge in [0.15, 0.2) is 0 Å². The number of carbonyl (C=O) groups excluding carboxylic acids is 1. The summed E-state index contributed by atoms with van der Waals surface area (Å²) in [6.45, 7) is 5.98. The fraction of sp³-hybridized carbons (Fsp3) is 0.538. The number of halogens is 1. The summed E-state index contributed by atoms with van der Waals surface area (Å²) in [7, 11) is 0. The van der Waals surface area contributed by atoms with Crippen LogP contribution in [0.25, 0.3) is 0 Å². The Morgan fingerprint density at radius 1 is 1.50 bits per heavy atom. The third-order valence-corrected chi connectivity index (χ3v) is 2.15. The Balaban J connectivity index is 2.18. The van der Waals surface area contributed by atoms with Gasteiger partial charge >= 0.3 is 0 Å². The molecule has 100 valence electrons. The first-order valence-electron chi connectivity index (χ1n) is 6.08. The Kier molecular flexibility index (Phi) is 6.28. The number of nitrogens with zero attached hydrogens (tertiary/aromatic N) is 1. The van der Waals surface area contributed by atoms with Crippen molar-refractivity contribution in [3.8, 4) is 0 Å². The highest BCUT2D eigenvalue weighted by Gasteiger charge is 2.06. The van der Waals surface area contributed by atoms with Gasteiger partial charge in [-0.25, -0.2) is 4.98 Å². The van der Waals surface area contributed by atoms with Crippen molar-refractivity contribution >= 4 is 5.91 Å². The van der Waals surface area contributed by atoms with Crippen LogP contribution < -0.4 is 5.32 Å². The van der Waals surface area contributed by atoms with Crippen molar-refractivity contribution in [2.75, 3.05) is 19.8 Å². The van der Waals surface area contributed by atoms with Crippen LogP contribution >= 0.6 is 0 Å². The normalized spacial score (nSPS) is 10.7. The molecule has 0 aliphatic heterocycles. The summed E-state index contributed by atoms with van der Waals surface area (Å²) in [5, 5.41) is 2.67. The predicted octanol–water partition coefficient (Wildman–Crippen LogP) is 2.01. The van der Waals surface area contributed by atoms with Crippen LogP contribution in [0.4, 0.5) is 4.39 Å². The third-order valence-electron chi connectivity index (χ3n) is 2.15. The summed E-state index contributed by atoms with van der Waals surface area (Å²) in [4.78, 5) is 15.1. The number of ether oxygens (including phenoxy) is 1. The lowest BCUT2D eigenvalue weighted by molar-refractivity contribution is 0.0919. The predicted molar refractivity (Wildman–Crippen MR) is 66.8 cm³/mol. The molecule has 1 amide bonds. The number of carbonyl (C=O) groups is 1. The molecule has 18 heavy (non-hydrogen) atoms. The zero-order chi connectivity index (χ0) is 13.4. The minimum atomic E-state index is -0.650. The molecule has 1 aromatic rings. The summed E-state index contributed by atoms with van der Waals surface area (Å²) >= 11 is 0. The van der Waals surface area contributed by atoms with Gasteiger partial charge in [-0.3, -0.25) is 4.79 Å². The number of nitrogens with one attached hydrogen (secondary N) is 1. The first kappa shape index (κ1) is 14.6. The minimum absolute atomic E-state index is 0.0955. The highest BCUT2D eigenvalue weighted by molar-refractivity contribution is 5.92. The van der Waals surface area contributed by atoms with Gasteiger partial charge < -0.3 is 10.1 Å². The molecular weight excluding hydrogens is 235 g/mol. The number of aromatic nitrogens is 1. The smallest absolute Gasteiger partial charge is 0.269 e. The van der Waals surface area contributed by atoms with Crippen molar-refractivity contribution in [2.45, 2.75) is 20.3 Å². The Morgan fingerprint density at radius 2 is 2.28 bits per heavy atom. The van der Waals surface area contributed by atoms with E-state index in [1.807, 2.05) is 0 Å². The van der Waals surface area contributed by atoms with Crippen LogP contribution in [-0.2, 0) is 4.74 Å². The maximum Gasteiger partial charge on any atom is 0.269 e. The molecule has 0 bridgehead atoms. The topological polar surface area (TPSA) is 51.2 Å². The zero-order valence-electron chi connectivity index (χ0n) is 10.8. The van der Waals surface area contributed by atoms with E-state index in [9.17, 15) is 9.18 Å². The van der Waals surface area contributed by atoms with Crippen molar-refractivity contribution in [1.29, 1.82) is 0 Å². The second-order valence-electron chi connectivity index (χ2n) is 4.42. The second-order valence-corrected chi connectivity index (χ2v) is 4.42. The lowest BCUT2D eigenvalue weighted by atomic mass is 10.2. The average molecular weight is 254 g/mol. The Morgan fingerprint density at radius 3 is 2.94 bits per heavy atom. The van der Waals surface area contributed by atoms with Crippen LogP contribution in [0.2, 0.25) is 0 Å². The quantitative estimate of drug-likeness (QED) is 0.598. The van der Waals surface area contributed by atoms with E-state index in [0.717, 1.165) is 13.0 Å². The molecule has 4 nitrogen and oxygen atoms in total. The van der Waals surface area contributed by atoms with Gasteiger partial charge in [0.2, 0.25) is 5.95 Å². The van der Waals surface area contributed by atoms with E-state index in [2.05, 4.69) is 24.1 Å². The summed E-state index contributed by atoms with van der Waals surface area (Å²) in [5.74, 6) is -0.502. The monoisotopic (exact) mass is 254 g/mol. The largest absolute Gasteiger partial charge is 0.381 e. The van der Waals surface area contributed by atoms with Gasteiger partial charge in [-0.1, -0.05) is 19.9 Å². The maximum atomic E-state index is 12.8. The molecule has 0 aliphatic carbocycles. The molecule has 1 heterocycles. The number of pyridine rings is 1. The van der Waals surface area contributed by atoms with E-state index in [1.165, 1.54) is 18.2 Å². The molecule has 0 spiro atoms. The molecular formula is C13H19FN2O2. The SMILES string of the molecule is CC(C)COCCCNC(=O)c1cccc(F)n1. The molecule has 0 aromatic carbocycles. The first-order chi connectivity index (χ1) is 8.59. The minimum Gasteiger partial charge on any atom is -0.381 e. The van der Waals surface area contributed by atoms with Gasteiger partial charge in [0.25, 0.3) is 5.91 Å². The zero-order valence-corrected chi connectivity index (χ0v) is 10.8. The fourth-order valence-electron chi connectivity index (χ4n) is 1.32. The van der Waals surface area contributed by atoms with Crippen molar-refractivity contribution in [2.24, 2.45) is 5.92 Å². The van der Waals surface area contributed by atoms with E-state index < -0.39 is 5.95 Å². The Hall–Kier alpha value is -1.49. The van der Waals surface area contributed by atoms with Crippen molar-refractivity contribution < 1.29 is 13.9 Å². The van der Waals surface area contributed by atoms with E-state index >= 15 is 0 Å². The third kappa shape index (κ3) is 5.72. The van der Waals surface area contributed by atoms with Crippen molar-refractivity contribution in [1.82, 2.24) is 10.3 Å². The molecule has 1 aromatic heterocycles. The molecule has 0 saturated heterocycles. The summed E-state index contributed by atoms with van der Waals surface area (Å²) in [6.07, 6.45) is 0.730. The van der Waals surface area contributed by atoms with Crippen LogP contribution in [0.3, 0.4) is 0 Å². The Labute approximate surface area is 107 Å². The average Bonchev–Trinajstić information content (AvgIpc) is 2.33. The van der Waals surface area contributed by atoms with Crippen LogP contribution in [0.5, 0.6) is 0 Å². The highest BCUT2D eigenvalue weighted by atomic mass is 19.1. The van der Waals surface area contributed by atoms with Crippen LogP contribution in [0.1, 0.15) is 30.8 Å². The fourth-order valence-corrected chi connectivity index (χ4v) is 1.32. The molecule has 0 fully saturated rings. The second kappa shape index (κ2) is 7.76. The molecule has 0 saturated carbocycles. The molecule has 0 aliphatic rings. The maximum absolute atomic E-state index is 12.8. The van der Waals surface area contributed by atoms with E-state index in [-0.39, 0.29) is 11.6 Å². The molecule has 0 radical (unpaired) electrons. The van der Waals surface area contributed by atoms with Gasteiger partial charge in [0, 0.05) is 19.8 Å². The molecule has 0 unspecified atom stereocenters.